The van der Waals surface area contributed by atoms with Crippen LogP contribution in [0.3, 0.4) is 0 Å². The number of rotatable bonds is 5. The first-order valence-electron chi connectivity index (χ1n) is 10.2. The van der Waals surface area contributed by atoms with Gasteiger partial charge in [0.15, 0.2) is 11.5 Å². The summed E-state index contributed by atoms with van der Waals surface area (Å²) >= 11 is 6.22. The molecule has 0 radical (unpaired) electrons. The second kappa shape index (κ2) is 8.56. The molecule has 3 aromatic rings. The van der Waals surface area contributed by atoms with Gasteiger partial charge >= 0.3 is 0 Å². The number of anilines is 1. The number of nitrogens with one attached hydrogen (secondary N) is 1. The standard InChI is InChI=1S/C22H21ClN4O4/c23-17-6-2-1-5-16(17)21-25-20(31-26-21)12-27-9-3-4-14(11-27)22(28)24-15-7-8-18-19(10-15)30-13-29-18/h1-2,5-8,10,14H,3-4,9,11-13H2,(H,24,28). The van der Waals surface area contributed by atoms with E-state index in [1.54, 1.807) is 18.2 Å². The zero-order valence-corrected chi connectivity index (χ0v) is 17.5. The Bertz CT molecular complexity index is 1100. The van der Waals surface area contributed by atoms with Gasteiger partial charge in [0.25, 0.3) is 0 Å². The predicted molar refractivity (Wildman–Crippen MR) is 114 cm³/mol. The van der Waals surface area contributed by atoms with Crippen LogP contribution in [-0.4, -0.2) is 40.8 Å². The van der Waals surface area contributed by atoms with Crippen molar-refractivity contribution in [2.75, 3.05) is 25.2 Å². The quantitative estimate of drug-likeness (QED) is 0.642. The van der Waals surface area contributed by atoms with Crippen molar-refractivity contribution in [2.45, 2.75) is 19.4 Å². The van der Waals surface area contributed by atoms with Gasteiger partial charge in [-0.3, -0.25) is 9.69 Å². The van der Waals surface area contributed by atoms with Crippen LogP contribution in [0.5, 0.6) is 11.5 Å². The van der Waals surface area contributed by atoms with Crippen molar-refractivity contribution in [2.24, 2.45) is 5.92 Å². The van der Waals surface area contributed by atoms with Crippen molar-refractivity contribution in [3.63, 3.8) is 0 Å². The summed E-state index contributed by atoms with van der Waals surface area (Å²) in [6.07, 6.45) is 1.76. The first-order chi connectivity index (χ1) is 15.2. The molecule has 0 aliphatic carbocycles. The molecule has 1 unspecified atom stereocenters. The number of aromatic nitrogens is 2. The van der Waals surface area contributed by atoms with E-state index in [9.17, 15) is 4.79 Å². The number of benzene rings is 2. The molecule has 8 nitrogen and oxygen atoms in total. The maximum Gasteiger partial charge on any atom is 0.241 e. The number of hydrogen-bond donors (Lipinski definition) is 1. The molecule has 2 aromatic carbocycles. The first kappa shape index (κ1) is 19.8. The number of carbonyl (C=O) groups is 1. The van der Waals surface area contributed by atoms with E-state index in [-0.39, 0.29) is 18.6 Å². The van der Waals surface area contributed by atoms with Crippen LogP contribution in [0.2, 0.25) is 5.02 Å². The number of halogens is 1. The molecule has 0 bridgehead atoms. The van der Waals surface area contributed by atoms with Crippen LogP contribution in [0.15, 0.2) is 47.0 Å². The van der Waals surface area contributed by atoms with Gasteiger partial charge in [-0.25, -0.2) is 0 Å². The molecule has 31 heavy (non-hydrogen) atoms. The molecular formula is C22H21ClN4O4. The Morgan fingerprint density at radius 1 is 1.19 bits per heavy atom. The number of fused-ring (bicyclic) bond motifs is 1. The maximum atomic E-state index is 12.8. The minimum atomic E-state index is -0.120. The molecule has 2 aliphatic heterocycles. The number of amides is 1. The van der Waals surface area contributed by atoms with Gasteiger partial charge in [0.1, 0.15) is 0 Å². The lowest BCUT2D eigenvalue weighted by Crippen LogP contribution is -2.40. The van der Waals surface area contributed by atoms with E-state index in [2.05, 4.69) is 20.4 Å². The summed E-state index contributed by atoms with van der Waals surface area (Å²) in [6.45, 7) is 2.20. The van der Waals surface area contributed by atoms with Gasteiger partial charge in [-0.1, -0.05) is 28.9 Å². The van der Waals surface area contributed by atoms with Crippen LogP contribution in [0, 0.1) is 5.92 Å². The zero-order chi connectivity index (χ0) is 21.2. The van der Waals surface area contributed by atoms with Gasteiger partial charge < -0.3 is 19.3 Å². The lowest BCUT2D eigenvalue weighted by Gasteiger charge is -2.30. The Morgan fingerprint density at radius 2 is 2.06 bits per heavy atom. The van der Waals surface area contributed by atoms with Crippen LogP contribution < -0.4 is 14.8 Å². The SMILES string of the molecule is O=C(Nc1ccc2c(c1)OCO2)C1CCCN(Cc2nc(-c3ccccc3Cl)no2)C1. The van der Waals surface area contributed by atoms with E-state index in [0.717, 1.165) is 24.9 Å². The number of carbonyl (C=O) groups excluding carboxylic acids is 1. The van der Waals surface area contributed by atoms with Crippen molar-refractivity contribution < 1.29 is 18.8 Å². The smallest absolute Gasteiger partial charge is 0.241 e. The molecule has 5 rings (SSSR count). The highest BCUT2D eigenvalue weighted by Gasteiger charge is 2.27. The van der Waals surface area contributed by atoms with Gasteiger partial charge in [-0.15, -0.1) is 0 Å². The molecule has 1 amide bonds. The van der Waals surface area contributed by atoms with E-state index in [4.69, 9.17) is 25.6 Å². The number of ether oxygens (including phenoxy) is 2. The van der Waals surface area contributed by atoms with E-state index in [0.29, 0.717) is 47.0 Å². The van der Waals surface area contributed by atoms with E-state index < -0.39 is 0 Å². The van der Waals surface area contributed by atoms with Crippen LogP contribution in [0.4, 0.5) is 5.69 Å². The van der Waals surface area contributed by atoms with Crippen LogP contribution in [-0.2, 0) is 11.3 Å². The van der Waals surface area contributed by atoms with Crippen LogP contribution in [0.25, 0.3) is 11.4 Å². The summed E-state index contributed by atoms with van der Waals surface area (Å²) < 4.78 is 16.1. The van der Waals surface area contributed by atoms with E-state index >= 15 is 0 Å². The van der Waals surface area contributed by atoms with Crippen molar-refractivity contribution in [1.82, 2.24) is 15.0 Å². The fourth-order valence-electron chi connectivity index (χ4n) is 3.89. The average Bonchev–Trinajstić information content (AvgIpc) is 3.43. The van der Waals surface area contributed by atoms with Gasteiger partial charge in [-0.2, -0.15) is 4.98 Å². The summed E-state index contributed by atoms with van der Waals surface area (Å²) in [7, 11) is 0. The van der Waals surface area contributed by atoms with Gasteiger partial charge in [0, 0.05) is 23.9 Å². The third-order valence-corrected chi connectivity index (χ3v) is 5.79. The monoisotopic (exact) mass is 440 g/mol. The zero-order valence-electron chi connectivity index (χ0n) is 16.7. The molecule has 1 aromatic heterocycles. The first-order valence-corrected chi connectivity index (χ1v) is 10.5. The maximum absolute atomic E-state index is 12.8. The molecule has 1 atom stereocenters. The summed E-state index contributed by atoms with van der Waals surface area (Å²) in [5.74, 6) is 2.18. The fraction of sp³-hybridized carbons (Fsp3) is 0.318. The molecule has 1 fully saturated rings. The summed E-state index contributed by atoms with van der Waals surface area (Å²) in [4.78, 5) is 19.5. The third-order valence-electron chi connectivity index (χ3n) is 5.46. The normalized spacial score (nSPS) is 18.2. The Hall–Kier alpha value is -3.10. The number of piperidine rings is 1. The lowest BCUT2D eigenvalue weighted by molar-refractivity contribution is -0.121. The van der Waals surface area contributed by atoms with Crippen molar-refractivity contribution in [1.29, 1.82) is 0 Å². The molecule has 0 spiro atoms. The van der Waals surface area contributed by atoms with Gasteiger partial charge in [0.2, 0.25) is 24.4 Å². The van der Waals surface area contributed by atoms with Gasteiger partial charge in [-0.05, 0) is 43.7 Å². The molecule has 1 N–H and O–H groups in total. The van der Waals surface area contributed by atoms with Crippen LogP contribution >= 0.6 is 11.6 Å². The van der Waals surface area contributed by atoms with Gasteiger partial charge in [0.05, 0.1) is 17.5 Å². The average molecular weight is 441 g/mol. The molecular weight excluding hydrogens is 420 g/mol. The van der Waals surface area contributed by atoms with Crippen molar-refractivity contribution >= 4 is 23.2 Å². The third kappa shape index (κ3) is 4.35. The molecule has 9 heteroatoms. The lowest BCUT2D eigenvalue weighted by atomic mass is 9.97. The minimum absolute atomic E-state index is 0.00847. The highest BCUT2D eigenvalue weighted by atomic mass is 35.5. The highest BCUT2D eigenvalue weighted by molar-refractivity contribution is 6.33. The Balaban J connectivity index is 1.21. The van der Waals surface area contributed by atoms with Crippen molar-refractivity contribution in [3.8, 4) is 22.9 Å². The Kier molecular flexibility index (Phi) is 5.48. The molecule has 0 saturated carbocycles. The topological polar surface area (TPSA) is 89.7 Å². The minimum Gasteiger partial charge on any atom is -0.454 e. The largest absolute Gasteiger partial charge is 0.454 e. The molecule has 160 valence electrons. The van der Waals surface area contributed by atoms with E-state index in [1.165, 1.54) is 0 Å². The summed E-state index contributed by atoms with van der Waals surface area (Å²) in [6, 6.07) is 12.8. The second-order valence-electron chi connectivity index (χ2n) is 7.62. The predicted octanol–water partition coefficient (Wildman–Crippen LogP) is 3.97. The number of hydrogen-bond acceptors (Lipinski definition) is 7. The molecule has 3 heterocycles. The fourth-order valence-corrected chi connectivity index (χ4v) is 4.11. The van der Waals surface area contributed by atoms with Crippen molar-refractivity contribution in [3.05, 3.63) is 53.4 Å². The molecule has 1 saturated heterocycles. The van der Waals surface area contributed by atoms with E-state index in [1.807, 2.05) is 24.3 Å². The highest BCUT2D eigenvalue weighted by Crippen LogP contribution is 2.34. The summed E-state index contributed by atoms with van der Waals surface area (Å²) in [5.41, 5.74) is 1.44. The summed E-state index contributed by atoms with van der Waals surface area (Å²) in [5, 5.41) is 7.62. The molecule has 2 aliphatic rings. The number of nitrogens with zero attached hydrogens (tertiary/aromatic N) is 3. The second-order valence-corrected chi connectivity index (χ2v) is 8.03. The van der Waals surface area contributed by atoms with Crippen LogP contribution in [0.1, 0.15) is 18.7 Å². The Morgan fingerprint density at radius 3 is 2.97 bits per heavy atom. The Labute approximate surface area is 184 Å². The number of likely N-dealkylation sites (tertiary alicyclic amines) is 1.